The molecule has 6 heteroatoms. The Labute approximate surface area is 146 Å². The average molecular weight is 338 g/mol. The molecule has 1 aliphatic heterocycles. The molecule has 25 heavy (non-hydrogen) atoms. The normalized spacial score (nSPS) is 15.6. The fraction of sp³-hybridized carbons (Fsp3) is 0.368. The maximum atomic E-state index is 12.4. The first kappa shape index (κ1) is 15.7. The minimum Gasteiger partial charge on any atom is -0.459 e. The summed E-state index contributed by atoms with van der Waals surface area (Å²) >= 11 is 0. The van der Waals surface area contributed by atoms with Crippen molar-refractivity contribution in [2.75, 3.05) is 13.1 Å². The summed E-state index contributed by atoms with van der Waals surface area (Å²) in [5.74, 6) is 1.28. The third kappa shape index (κ3) is 3.12. The highest BCUT2D eigenvalue weighted by Gasteiger charge is 2.24. The maximum Gasteiger partial charge on any atom is 0.317 e. The van der Waals surface area contributed by atoms with E-state index < -0.39 is 0 Å². The largest absolute Gasteiger partial charge is 0.459 e. The first-order valence-electron chi connectivity index (χ1n) is 8.70. The first-order chi connectivity index (χ1) is 12.2. The topological polar surface area (TPSA) is 74.2 Å². The number of aryl methyl sites for hydroxylation is 1. The number of nitrogens with one attached hydrogen (secondary N) is 2. The van der Waals surface area contributed by atoms with Crippen molar-refractivity contribution in [3.63, 3.8) is 0 Å². The number of piperidine rings is 1. The van der Waals surface area contributed by atoms with E-state index in [9.17, 15) is 4.79 Å². The van der Waals surface area contributed by atoms with Crippen LogP contribution in [0.4, 0.5) is 4.79 Å². The zero-order valence-electron chi connectivity index (χ0n) is 14.3. The van der Waals surface area contributed by atoms with Gasteiger partial charge < -0.3 is 19.6 Å². The van der Waals surface area contributed by atoms with Crippen molar-refractivity contribution < 1.29 is 9.21 Å². The molecule has 1 aliphatic rings. The highest BCUT2D eigenvalue weighted by molar-refractivity contribution is 5.82. The van der Waals surface area contributed by atoms with Crippen LogP contribution in [-0.2, 0) is 6.54 Å². The number of fused-ring (bicyclic) bond motifs is 1. The summed E-state index contributed by atoms with van der Waals surface area (Å²) in [4.78, 5) is 21.6. The second-order valence-electron chi connectivity index (χ2n) is 6.57. The monoisotopic (exact) mass is 338 g/mol. The summed E-state index contributed by atoms with van der Waals surface area (Å²) in [7, 11) is 0. The molecule has 0 bridgehead atoms. The number of H-pyrrole nitrogens is 1. The van der Waals surface area contributed by atoms with Gasteiger partial charge in [0.05, 0.1) is 12.9 Å². The second kappa shape index (κ2) is 6.63. The van der Waals surface area contributed by atoms with Crippen LogP contribution in [0.1, 0.15) is 35.8 Å². The number of hydrogen-bond acceptors (Lipinski definition) is 3. The number of aromatic nitrogens is 2. The van der Waals surface area contributed by atoms with Crippen molar-refractivity contribution >= 4 is 17.0 Å². The van der Waals surface area contributed by atoms with Crippen LogP contribution in [0.3, 0.4) is 0 Å². The number of nitrogens with zero attached hydrogens (tertiary/aromatic N) is 2. The van der Waals surface area contributed by atoms with Gasteiger partial charge in [0.1, 0.15) is 11.3 Å². The molecule has 2 N–H and O–H groups in total. The predicted molar refractivity (Wildman–Crippen MR) is 95.3 cm³/mol. The number of furan rings is 1. The third-order valence-corrected chi connectivity index (χ3v) is 5.08. The molecule has 0 atom stereocenters. The second-order valence-corrected chi connectivity index (χ2v) is 6.57. The molecule has 3 aromatic rings. The van der Waals surface area contributed by atoms with Gasteiger partial charge in [-0.3, -0.25) is 0 Å². The Hall–Kier alpha value is -2.76. The lowest BCUT2D eigenvalue weighted by Gasteiger charge is -2.31. The standard InChI is InChI=1S/C19H22N4O2/c1-13-15-4-2-3-5-17(15)25-18(13)11-21-19(24)23-8-6-14(7-9-23)16-10-20-12-22-16/h2-5,10,12,14H,6-9,11H2,1H3,(H,20,22)(H,21,24). The fourth-order valence-electron chi connectivity index (χ4n) is 3.54. The molecule has 1 fully saturated rings. The Kier molecular flexibility index (Phi) is 4.17. The van der Waals surface area contributed by atoms with Gasteiger partial charge in [0, 0.05) is 41.8 Å². The Morgan fingerprint density at radius 1 is 1.36 bits per heavy atom. The smallest absolute Gasteiger partial charge is 0.317 e. The molecule has 0 saturated carbocycles. The molecule has 1 saturated heterocycles. The molecule has 0 radical (unpaired) electrons. The van der Waals surface area contributed by atoms with Crippen LogP contribution in [-0.4, -0.2) is 34.0 Å². The quantitative estimate of drug-likeness (QED) is 0.767. The van der Waals surface area contributed by atoms with Crippen LogP contribution in [0, 0.1) is 6.92 Å². The molecule has 0 spiro atoms. The molecule has 2 aromatic heterocycles. The number of carbonyl (C=O) groups is 1. The number of carbonyl (C=O) groups excluding carboxylic acids is 1. The van der Waals surface area contributed by atoms with E-state index in [1.807, 2.05) is 42.3 Å². The van der Waals surface area contributed by atoms with Gasteiger partial charge in [0.25, 0.3) is 0 Å². The highest BCUT2D eigenvalue weighted by atomic mass is 16.3. The van der Waals surface area contributed by atoms with Crippen molar-refractivity contribution in [1.82, 2.24) is 20.2 Å². The van der Waals surface area contributed by atoms with Crippen molar-refractivity contribution in [2.24, 2.45) is 0 Å². The Morgan fingerprint density at radius 2 is 2.16 bits per heavy atom. The van der Waals surface area contributed by atoms with E-state index in [4.69, 9.17) is 4.42 Å². The summed E-state index contributed by atoms with van der Waals surface area (Å²) in [5, 5.41) is 4.10. The molecule has 1 aromatic carbocycles. The number of aromatic amines is 1. The number of para-hydroxylation sites is 1. The van der Waals surface area contributed by atoms with Crippen LogP contribution in [0.2, 0.25) is 0 Å². The summed E-state index contributed by atoms with van der Waals surface area (Å²) in [5.41, 5.74) is 3.12. The molecule has 0 unspecified atom stereocenters. The molecule has 2 amide bonds. The predicted octanol–water partition coefficient (Wildman–Crippen LogP) is 3.55. The molecule has 130 valence electrons. The minimum atomic E-state index is -0.0251. The fourth-order valence-corrected chi connectivity index (χ4v) is 3.54. The van der Waals surface area contributed by atoms with Crippen LogP contribution < -0.4 is 5.32 Å². The molecular formula is C19H22N4O2. The Morgan fingerprint density at radius 3 is 2.88 bits per heavy atom. The summed E-state index contributed by atoms with van der Waals surface area (Å²) in [6.07, 6.45) is 5.51. The van der Waals surface area contributed by atoms with Gasteiger partial charge in [0.15, 0.2) is 0 Å². The Bertz CT molecular complexity index is 861. The molecule has 6 nitrogen and oxygen atoms in total. The van der Waals surface area contributed by atoms with Gasteiger partial charge in [-0.2, -0.15) is 0 Å². The van der Waals surface area contributed by atoms with E-state index in [0.29, 0.717) is 12.5 Å². The maximum absolute atomic E-state index is 12.4. The van der Waals surface area contributed by atoms with Crippen molar-refractivity contribution in [1.29, 1.82) is 0 Å². The lowest BCUT2D eigenvalue weighted by molar-refractivity contribution is 0.180. The lowest BCUT2D eigenvalue weighted by Crippen LogP contribution is -2.43. The van der Waals surface area contributed by atoms with Crippen molar-refractivity contribution in [3.05, 3.63) is 53.8 Å². The summed E-state index contributed by atoms with van der Waals surface area (Å²) in [6.45, 7) is 3.96. The van der Waals surface area contributed by atoms with Crippen LogP contribution in [0.25, 0.3) is 11.0 Å². The first-order valence-corrected chi connectivity index (χ1v) is 8.70. The van der Waals surface area contributed by atoms with Gasteiger partial charge in [0.2, 0.25) is 0 Å². The number of amides is 2. The Balaban J connectivity index is 1.34. The van der Waals surface area contributed by atoms with Gasteiger partial charge in [-0.25, -0.2) is 9.78 Å². The molecule has 0 aliphatic carbocycles. The van der Waals surface area contributed by atoms with E-state index in [1.165, 1.54) is 0 Å². The number of likely N-dealkylation sites (tertiary alicyclic amines) is 1. The van der Waals surface area contributed by atoms with E-state index in [-0.39, 0.29) is 6.03 Å². The summed E-state index contributed by atoms with van der Waals surface area (Å²) < 4.78 is 5.86. The third-order valence-electron chi connectivity index (χ3n) is 5.08. The number of urea groups is 1. The van der Waals surface area contributed by atoms with Gasteiger partial charge in [-0.05, 0) is 25.8 Å². The molecule has 3 heterocycles. The SMILES string of the molecule is Cc1c(CNC(=O)N2CCC(c3cnc[nH]3)CC2)oc2ccccc12. The number of benzene rings is 1. The van der Waals surface area contributed by atoms with E-state index in [2.05, 4.69) is 15.3 Å². The van der Waals surface area contributed by atoms with Crippen LogP contribution >= 0.6 is 0 Å². The zero-order valence-corrected chi connectivity index (χ0v) is 14.3. The van der Waals surface area contributed by atoms with Gasteiger partial charge in [-0.1, -0.05) is 18.2 Å². The number of hydrogen-bond donors (Lipinski definition) is 2. The van der Waals surface area contributed by atoms with Crippen LogP contribution in [0.5, 0.6) is 0 Å². The molecule has 4 rings (SSSR count). The van der Waals surface area contributed by atoms with Crippen molar-refractivity contribution in [3.8, 4) is 0 Å². The van der Waals surface area contributed by atoms with Gasteiger partial charge >= 0.3 is 6.03 Å². The number of imidazole rings is 1. The average Bonchev–Trinajstić information content (AvgIpc) is 3.29. The highest BCUT2D eigenvalue weighted by Crippen LogP contribution is 2.27. The minimum absolute atomic E-state index is 0.0251. The lowest BCUT2D eigenvalue weighted by atomic mass is 9.94. The van der Waals surface area contributed by atoms with E-state index in [1.54, 1.807) is 6.33 Å². The van der Waals surface area contributed by atoms with Gasteiger partial charge in [-0.15, -0.1) is 0 Å². The number of rotatable bonds is 3. The van der Waals surface area contributed by atoms with E-state index in [0.717, 1.165) is 53.9 Å². The van der Waals surface area contributed by atoms with E-state index >= 15 is 0 Å². The van der Waals surface area contributed by atoms with Crippen LogP contribution in [0.15, 0.2) is 41.2 Å². The zero-order chi connectivity index (χ0) is 17.2. The molecular weight excluding hydrogens is 316 g/mol. The van der Waals surface area contributed by atoms with Crippen molar-refractivity contribution in [2.45, 2.75) is 32.2 Å². The summed E-state index contributed by atoms with van der Waals surface area (Å²) in [6, 6.07) is 7.92.